The number of rotatable bonds is 1. The van der Waals surface area contributed by atoms with E-state index in [0.29, 0.717) is 5.69 Å². The fourth-order valence-corrected chi connectivity index (χ4v) is 3.15. The number of hydrogen-bond acceptors (Lipinski definition) is 3. The lowest BCUT2D eigenvalue weighted by Crippen LogP contribution is -2.37. The van der Waals surface area contributed by atoms with E-state index >= 15 is 0 Å². The number of benzene rings is 1. The summed E-state index contributed by atoms with van der Waals surface area (Å²) in [4.78, 5) is 27.2. The van der Waals surface area contributed by atoms with Gasteiger partial charge in [-0.25, -0.2) is 9.36 Å². The van der Waals surface area contributed by atoms with Gasteiger partial charge in [0.2, 0.25) is 0 Å². The molecule has 2 aromatic rings. The highest BCUT2D eigenvalue weighted by Crippen LogP contribution is 2.24. The summed E-state index contributed by atoms with van der Waals surface area (Å²) in [6, 6.07) is 9.01. The second kappa shape index (κ2) is 4.49. The summed E-state index contributed by atoms with van der Waals surface area (Å²) in [5, 5.41) is 0.739. The second-order valence-electron chi connectivity index (χ2n) is 4.17. The first-order valence-corrected chi connectivity index (χ1v) is 6.82. The predicted molar refractivity (Wildman–Crippen MR) is 71.7 cm³/mol. The van der Waals surface area contributed by atoms with Crippen LogP contribution in [0, 0.1) is 0 Å². The van der Waals surface area contributed by atoms with Gasteiger partial charge in [0.25, 0.3) is 5.56 Å². The van der Waals surface area contributed by atoms with E-state index < -0.39 is 0 Å². The zero-order valence-electron chi connectivity index (χ0n) is 9.68. The van der Waals surface area contributed by atoms with E-state index in [1.165, 1.54) is 4.57 Å². The molecule has 2 heterocycles. The molecule has 0 saturated carbocycles. The SMILES string of the molecule is O=c1[nH]c2c(c(=O)n1-c1ccccc1)CCCS2. The molecule has 0 radical (unpaired) electrons. The topological polar surface area (TPSA) is 54.9 Å². The van der Waals surface area contributed by atoms with Crippen LogP contribution in [0.3, 0.4) is 0 Å². The number of aromatic amines is 1. The molecule has 0 saturated heterocycles. The van der Waals surface area contributed by atoms with Crippen molar-refractivity contribution in [3.63, 3.8) is 0 Å². The van der Waals surface area contributed by atoms with E-state index in [0.717, 1.165) is 29.2 Å². The van der Waals surface area contributed by atoms with Gasteiger partial charge in [0.05, 0.1) is 10.7 Å². The molecule has 4 nitrogen and oxygen atoms in total. The molecule has 0 fully saturated rings. The van der Waals surface area contributed by atoms with E-state index in [1.807, 2.05) is 18.2 Å². The quantitative estimate of drug-likeness (QED) is 0.792. The molecule has 3 rings (SSSR count). The Balaban J connectivity index is 2.29. The van der Waals surface area contributed by atoms with Crippen LogP contribution in [0.25, 0.3) is 5.69 Å². The van der Waals surface area contributed by atoms with Crippen molar-refractivity contribution in [3.8, 4) is 5.69 Å². The van der Waals surface area contributed by atoms with Crippen molar-refractivity contribution in [2.75, 3.05) is 5.75 Å². The third kappa shape index (κ3) is 1.80. The van der Waals surface area contributed by atoms with Crippen molar-refractivity contribution in [1.82, 2.24) is 9.55 Å². The van der Waals surface area contributed by atoms with Crippen LogP contribution in [0.1, 0.15) is 12.0 Å². The lowest BCUT2D eigenvalue weighted by atomic mass is 10.2. The average Bonchev–Trinajstić information content (AvgIpc) is 2.40. The molecule has 1 aromatic carbocycles. The molecule has 1 aromatic heterocycles. The molecule has 0 aliphatic carbocycles. The average molecular weight is 260 g/mol. The van der Waals surface area contributed by atoms with Gasteiger partial charge in [-0.3, -0.25) is 4.79 Å². The van der Waals surface area contributed by atoms with Crippen molar-refractivity contribution >= 4 is 11.8 Å². The van der Waals surface area contributed by atoms with Gasteiger partial charge >= 0.3 is 5.69 Å². The van der Waals surface area contributed by atoms with Gasteiger partial charge in [-0.15, -0.1) is 11.8 Å². The monoisotopic (exact) mass is 260 g/mol. The van der Waals surface area contributed by atoms with Crippen LogP contribution in [0.5, 0.6) is 0 Å². The summed E-state index contributed by atoms with van der Waals surface area (Å²) in [5.41, 5.74) is 0.795. The third-order valence-electron chi connectivity index (χ3n) is 2.99. The maximum Gasteiger partial charge on any atom is 0.333 e. The number of nitrogens with one attached hydrogen (secondary N) is 1. The van der Waals surface area contributed by atoms with Crippen LogP contribution < -0.4 is 11.2 Å². The first kappa shape index (κ1) is 11.3. The summed E-state index contributed by atoms with van der Waals surface area (Å²) in [6.07, 6.45) is 1.72. The Hall–Kier alpha value is -1.75. The molecule has 1 N–H and O–H groups in total. The normalized spacial score (nSPS) is 14.2. The van der Waals surface area contributed by atoms with Crippen molar-refractivity contribution in [3.05, 3.63) is 56.7 Å². The van der Waals surface area contributed by atoms with Gasteiger partial charge in [-0.2, -0.15) is 0 Å². The van der Waals surface area contributed by atoms with Gasteiger partial charge in [-0.1, -0.05) is 18.2 Å². The van der Waals surface area contributed by atoms with Crippen LogP contribution >= 0.6 is 11.8 Å². The van der Waals surface area contributed by atoms with E-state index in [2.05, 4.69) is 4.98 Å². The van der Waals surface area contributed by atoms with Crippen molar-refractivity contribution in [1.29, 1.82) is 0 Å². The lowest BCUT2D eigenvalue weighted by Gasteiger charge is -2.15. The fraction of sp³-hybridized carbons (Fsp3) is 0.231. The van der Waals surface area contributed by atoms with E-state index in [1.54, 1.807) is 23.9 Å². The summed E-state index contributed by atoms with van der Waals surface area (Å²) in [5.74, 6) is 0.956. The van der Waals surface area contributed by atoms with Crippen LogP contribution in [-0.2, 0) is 6.42 Å². The molecule has 0 amide bonds. The van der Waals surface area contributed by atoms with Crippen LogP contribution in [0.2, 0.25) is 0 Å². The minimum atomic E-state index is -0.362. The Morgan fingerprint density at radius 1 is 1.17 bits per heavy atom. The number of H-pyrrole nitrogens is 1. The number of para-hydroxylation sites is 1. The molecule has 5 heteroatoms. The Bertz CT molecular complexity index is 688. The van der Waals surface area contributed by atoms with Gasteiger partial charge in [0.15, 0.2) is 0 Å². The molecular weight excluding hydrogens is 248 g/mol. The van der Waals surface area contributed by atoms with Crippen LogP contribution in [0.15, 0.2) is 44.9 Å². The molecular formula is C13H12N2O2S. The van der Waals surface area contributed by atoms with Crippen molar-refractivity contribution in [2.24, 2.45) is 0 Å². The third-order valence-corrected chi connectivity index (χ3v) is 4.12. The molecule has 92 valence electrons. The first-order chi connectivity index (χ1) is 8.77. The van der Waals surface area contributed by atoms with Crippen molar-refractivity contribution in [2.45, 2.75) is 17.9 Å². The van der Waals surface area contributed by atoms with Crippen LogP contribution in [-0.4, -0.2) is 15.3 Å². The smallest absolute Gasteiger partial charge is 0.301 e. The maximum absolute atomic E-state index is 12.4. The molecule has 0 bridgehead atoms. The minimum Gasteiger partial charge on any atom is -0.301 e. The standard InChI is InChI=1S/C13H12N2O2S/c16-12-10-7-4-8-18-11(10)14-13(17)15(12)9-5-2-1-3-6-9/h1-3,5-6H,4,7-8H2,(H,14,17). The fourth-order valence-electron chi connectivity index (χ4n) is 2.13. The largest absolute Gasteiger partial charge is 0.333 e. The van der Waals surface area contributed by atoms with E-state index in [-0.39, 0.29) is 11.2 Å². The molecule has 1 aliphatic heterocycles. The van der Waals surface area contributed by atoms with Gasteiger partial charge in [0, 0.05) is 5.56 Å². The number of fused-ring (bicyclic) bond motifs is 1. The second-order valence-corrected chi connectivity index (χ2v) is 5.27. The molecule has 0 spiro atoms. The molecule has 0 unspecified atom stereocenters. The summed E-state index contributed by atoms with van der Waals surface area (Å²) in [7, 11) is 0. The Morgan fingerprint density at radius 2 is 1.94 bits per heavy atom. The van der Waals surface area contributed by atoms with Crippen molar-refractivity contribution < 1.29 is 0 Å². The van der Waals surface area contributed by atoms with E-state index in [4.69, 9.17) is 0 Å². The summed E-state index contributed by atoms with van der Waals surface area (Å²) in [6.45, 7) is 0. The zero-order chi connectivity index (χ0) is 12.5. The Morgan fingerprint density at radius 3 is 2.72 bits per heavy atom. The summed E-state index contributed by atoms with van der Waals surface area (Å²) < 4.78 is 1.21. The van der Waals surface area contributed by atoms with Gasteiger partial charge in [-0.05, 0) is 30.7 Å². The van der Waals surface area contributed by atoms with Gasteiger partial charge < -0.3 is 4.98 Å². The minimum absolute atomic E-state index is 0.188. The van der Waals surface area contributed by atoms with E-state index in [9.17, 15) is 9.59 Å². The summed E-state index contributed by atoms with van der Waals surface area (Å²) >= 11 is 1.55. The zero-order valence-corrected chi connectivity index (χ0v) is 10.5. The van der Waals surface area contributed by atoms with Gasteiger partial charge in [0.1, 0.15) is 0 Å². The predicted octanol–water partition coefficient (Wildman–Crippen LogP) is 1.56. The highest BCUT2D eigenvalue weighted by Gasteiger charge is 2.18. The molecule has 0 atom stereocenters. The highest BCUT2D eigenvalue weighted by molar-refractivity contribution is 7.99. The Kier molecular flexibility index (Phi) is 2.83. The number of nitrogens with zero attached hydrogens (tertiary/aromatic N) is 1. The molecule has 1 aliphatic rings. The first-order valence-electron chi connectivity index (χ1n) is 5.84. The van der Waals surface area contributed by atoms with Crippen LogP contribution in [0.4, 0.5) is 0 Å². The maximum atomic E-state index is 12.4. The number of aromatic nitrogens is 2. The lowest BCUT2D eigenvalue weighted by molar-refractivity contribution is 0.752. The number of hydrogen-bond donors (Lipinski definition) is 1. The molecule has 18 heavy (non-hydrogen) atoms. The number of thioether (sulfide) groups is 1. The highest BCUT2D eigenvalue weighted by atomic mass is 32.2. The Labute approximate surface area is 108 Å².